The second kappa shape index (κ2) is 4.53. The van der Waals surface area contributed by atoms with Gasteiger partial charge < -0.3 is 14.8 Å². The van der Waals surface area contributed by atoms with Crippen LogP contribution in [-0.4, -0.2) is 11.5 Å². The van der Waals surface area contributed by atoms with Gasteiger partial charge in [0.05, 0.1) is 0 Å². The first-order valence-electron chi connectivity index (χ1n) is 4.67. The van der Waals surface area contributed by atoms with Crippen LogP contribution in [0.2, 0.25) is 0 Å². The van der Waals surface area contributed by atoms with Crippen molar-refractivity contribution in [2.75, 3.05) is 11.9 Å². The SMILES string of the molecule is CCNc1ccc(Br)c(C2OC=CO2)n1. The summed E-state index contributed by atoms with van der Waals surface area (Å²) in [6.45, 7) is 2.85. The van der Waals surface area contributed by atoms with Crippen LogP contribution in [0.1, 0.15) is 18.9 Å². The molecule has 1 aliphatic rings. The smallest absolute Gasteiger partial charge is 0.284 e. The molecule has 5 heteroatoms. The molecule has 1 aliphatic heterocycles. The zero-order valence-corrected chi connectivity index (χ0v) is 9.82. The van der Waals surface area contributed by atoms with E-state index in [0.29, 0.717) is 0 Å². The molecule has 4 nitrogen and oxygen atoms in total. The predicted octanol–water partition coefficient (Wildman–Crippen LogP) is 2.79. The molecule has 0 saturated heterocycles. The molecule has 0 amide bonds. The summed E-state index contributed by atoms with van der Waals surface area (Å²) in [4.78, 5) is 4.40. The summed E-state index contributed by atoms with van der Waals surface area (Å²) in [5.74, 6) is 0.815. The average Bonchev–Trinajstić information content (AvgIpc) is 2.74. The van der Waals surface area contributed by atoms with Gasteiger partial charge >= 0.3 is 0 Å². The van der Waals surface area contributed by atoms with Gasteiger partial charge in [0.1, 0.15) is 24.0 Å². The fraction of sp³-hybridized carbons (Fsp3) is 0.300. The van der Waals surface area contributed by atoms with Gasteiger partial charge in [0.2, 0.25) is 0 Å². The minimum atomic E-state index is -0.446. The third-order valence-electron chi connectivity index (χ3n) is 1.91. The van der Waals surface area contributed by atoms with E-state index in [1.54, 1.807) is 0 Å². The van der Waals surface area contributed by atoms with Crippen LogP contribution < -0.4 is 5.32 Å². The molecular weight excluding hydrogens is 260 g/mol. The van der Waals surface area contributed by atoms with Gasteiger partial charge in [0, 0.05) is 11.0 Å². The Balaban J connectivity index is 2.24. The summed E-state index contributed by atoms with van der Waals surface area (Å²) in [5.41, 5.74) is 0.735. The van der Waals surface area contributed by atoms with Gasteiger partial charge in [-0.1, -0.05) is 0 Å². The van der Waals surface area contributed by atoms with Crippen LogP contribution in [-0.2, 0) is 9.47 Å². The molecule has 0 fully saturated rings. The number of halogens is 1. The van der Waals surface area contributed by atoms with E-state index in [1.807, 2.05) is 19.1 Å². The lowest BCUT2D eigenvalue weighted by Gasteiger charge is -2.12. The highest BCUT2D eigenvalue weighted by molar-refractivity contribution is 9.10. The normalized spacial score (nSPS) is 14.8. The second-order valence-electron chi connectivity index (χ2n) is 2.97. The van der Waals surface area contributed by atoms with Crippen molar-refractivity contribution in [1.82, 2.24) is 4.98 Å². The van der Waals surface area contributed by atoms with Crippen molar-refractivity contribution < 1.29 is 9.47 Å². The lowest BCUT2D eigenvalue weighted by molar-refractivity contribution is -0.0284. The molecule has 0 bridgehead atoms. The Morgan fingerprint density at radius 3 is 2.80 bits per heavy atom. The maximum Gasteiger partial charge on any atom is 0.284 e. The topological polar surface area (TPSA) is 43.4 Å². The molecule has 0 spiro atoms. The molecular formula is C10H11BrN2O2. The Hall–Kier alpha value is -1.23. The molecule has 80 valence electrons. The quantitative estimate of drug-likeness (QED) is 0.918. The third kappa shape index (κ3) is 2.23. The standard InChI is InChI=1S/C10H11BrN2O2/c1-2-12-8-4-3-7(11)9(13-8)10-14-5-6-15-10/h3-6,10H,2H2,1H3,(H,12,13). The van der Waals surface area contributed by atoms with Crippen LogP contribution in [0, 0.1) is 0 Å². The Morgan fingerprint density at radius 2 is 2.13 bits per heavy atom. The van der Waals surface area contributed by atoms with Gasteiger partial charge in [0.25, 0.3) is 6.29 Å². The van der Waals surface area contributed by atoms with Crippen LogP contribution in [0.25, 0.3) is 0 Å². The highest BCUT2D eigenvalue weighted by atomic mass is 79.9. The monoisotopic (exact) mass is 270 g/mol. The van der Waals surface area contributed by atoms with E-state index in [0.717, 1.165) is 22.5 Å². The summed E-state index contributed by atoms with van der Waals surface area (Å²) in [6, 6.07) is 3.82. The van der Waals surface area contributed by atoms with E-state index in [-0.39, 0.29) is 0 Å². The third-order valence-corrected chi connectivity index (χ3v) is 2.58. The summed E-state index contributed by atoms with van der Waals surface area (Å²) in [7, 11) is 0. The van der Waals surface area contributed by atoms with Crippen LogP contribution in [0.4, 0.5) is 5.82 Å². The number of ether oxygens (including phenoxy) is 2. The Bertz CT molecular complexity index is 374. The maximum atomic E-state index is 5.23. The summed E-state index contributed by atoms with van der Waals surface area (Å²) in [6.07, 6.45) is 2.58. The minimum Gasteiger partial charge on any atom is -0.454 e. The lowest BCUT2D eigenvalue weighted by Crippen LogP contribution is -2.06. The van der Waals surface area contributed by atoms with Crippen molar-refractivity contribution in [3.63, 3.8) is 0 Å². The van der Waals surface area contributed by atoms with Gasteiger partial charge in [-0.3, -0.25) is 0 Å². The van der Waals surface area contributed by atoms with Gasteiger partial charge in [-0.25, -0.2) is 4.98 Å². The number of hydrogen-bond donors (Lipinski definition) is 1. The molecule has 0 saturated carbocycles. The number of anilines is 1. The number of nitrogens with zero attached hydrogens (tertiary/aromatic N) is 1. The molecule has 0 unspecified atom stereocenters. The molecule has 2 rings (SSSR count). The zero-order valence-electron chi connectivity index (χ0n) is 8.24. The van der Waals surface area contributed by atoms with E-state index < -0.39 is 6.29 Å². The predicted molar refractivity (Wildman–Crippen MR) is 60.2 cm³/mol. The van der Waals surface area contributed by atoms with E-state index in [1.165, 1.54) is 12.5 Å². The highest BCUT2D eigenvalue weighted by Crippen LogP contribution is 2.29. The van der Waals surface area contributed by atoms with E-state index in [4.69, 9.17) is 9.47 Å². The Labute approximate surface area is 96.4 Å². The van der Waals surface area contributed by atoms with E-state index in [9.17, 15) is 0 Å². The number of rotatable bonds is 3. The van der Waals surface area contributed by atoms with Crippen molar-refractivity contribution in [2.24, 2.45) is 0 Å². The lowest BCUT2D eigenvalue weighted by atomic mass is 10.3. The Morgan fingerprint density at radius 1 is 1.40 bits per heavy atom. The van der Waals surface area contributed by atoms with E-state index >= 15 is 0 Å². The van der Waals surface area contributed by atoms with Crippen LogP contribution in [0.3, 0.4) is 0 Å². The summed E-state index contributed by atoms with van der Waals surface area (Å²) >= 11 is 3.41. The Kier molecular flexibility index (Phi) is 3.11. The molecule has 15 heavy (non-hydrogen) atoms. The van der Waals surface area contributed by atoms with E-state index in [2.05, 4.69) is 26.2 Å². The van der Waals surface area contributed by atoms with Crippen molar-refractivity contribution in [3.8, 4) is 0 Å². The zero-order chi connectivity index (χ0) is 10.7. The van der Waals surface area contributed by atoms with Crippen LogP contribution in [0.5, 0.6) is 0 Å². The first kappa shape index (κ1) is 10.3. The van der Waals surface area contributed by atoms with Crippen molar-refractivity contribution in [3.05, 3.63) is 34.8 Å². The van der Waals surface area contributed by atoms with Gasteiger partial charge in [-0.15, -0.1) is 0 Å². The largest absolute Gasteiger partial charge is 0.454 e. The summed E-state index contributed by atoms with van der Waals surface area (Å²) in [5, 5.41) is 3.14. The molecule has 1 aromatic rings. The maximum absolute atomic E-state index is 5.23. The number of pyridine rings is 1. The van der Waals surface area contributed by atoms with Crippen molar-refractivity contribution >= 4 is 21.7 Å². The molecule has 0 aromatic carbocycles. The number of nitrogens with one attached hydrogen (secondary N) is 1. The molecule has 1 aromatic heterocycles. The van der Waals surface area contributed by atoms with Crippen molar-refractivity contribution in [2.45, 2.75) is 13.2 Å². The average molecular weight is 271 g/mol. The fourth-order valence-corrected chi connectivity index (χ4v) is 1.68. The number of aromatic nitrogens is 1. The van der Waals surface area contributed by atoms with Gasteiger partial charge in [-0.05, 0) is 35.0 Å². The molecule has 2 heterocycles. The molecule has 1 N–H and O–H groups in total. The van der Waals surface area contributed by atoms with Gasteiger partial charge in [0.15, 0.2) is 0 Å². The molecule has 0 atom stereocenters. The highest BCUT2D eigenvalue weighted by Gasteiger charge is 2.20. The molecule has 0 radical (unpaired) electrons. The minimum absolute atomic E-state index is 0.446. The van der Waals surface area contributed by atoms with Crippen LogP contribution in [0.15, 0.2) is 29.1 Å². The first-order valence-corrected chi connectivity index (χ1v) is 5.47. The second-order valence-corrected chi connectivity index (χ2v) is 3.82. The van der Waals surface area contributed by atoms with Crippen LogP contribution >= 0.6 is 15.9 Å². The van der Waals surface area contributed by atoms with Gasteiger partial charge in [-0.2, -0.15) is 0 Å². The molecule has 0 aliphatic carbocycles. The summed E-state index contributed by atoms with van der Waals surface area (Å²) < 4.78 is 11.3. The van der Waals surface area contributed by atoms with Crippen molar-refractivity contribution in [1.29, 1.82) is 0 Å². The first-order chi connectivity index (χ1) is 7.31. The number of hydrogen-bond acceptors (Lipinski definition) is 4. The fourth-order valence-electron chi connectivity index (χ4n) is 1.27.